The van der Waals surface area contributed by atoms with Crippen molar-refractivity contribution in [2.75, 3.05) is 26.7 Å². The molecule has 5 heteroatoms. The lowest BCUT2D eigenvalue weighted by molar-refractivity contribution is -0.143. The Morgan fingerprint density at radius 1 is 1.17 bits per heavy atom. The Morgan fingerprint density at radius 3 is 2.52 bits per heavy atom. The van der Waals surface area contributed by atoms with Gasteiger partial charge in [-0.3, -0.25) is 9.59 Å². The molecule has 0 aromatic rings. The normalized spacial score (nSPS) is 30.0. The van der Waals surface area contributed by atoms with Crippen molar-refractivity contribution in [3.05, 3.63) is 0 Å². The highest BCUT2D eigenvalue weighted by Crippen LogP contribution is 2.36. The van der Waals surface area contributed by atoms with Crippen LogP contribution in [0.5, 0.6) is 0 Å². The first-order valence-electron chi connectivity index (χ1n) is 9.18. The Kier molecular flexibility index (Phi) is 6.88. The summed E-state index contributed by atoms with van der Waals surface area (Å²) < 4.78 is 0. The third-order valence-electron chi connectivity index (χ3n) is 5.99. The molecular weight excluding hydrogens is 292 g/mol. The van der Waals surface area contributed by atoms with Gasteiger partial charge in [-0.15, -0.1) is 0 Å². The number of carbonyl (C=O) groups is 2. The number of likely N-dealkylation sites (tertiary alicyclic amines) is 2. The maximum atomic E-state index is 12.1. The molecule has 5 nitrogen and oxygen atoms in total. The molecule has 1 unspecified atom stereocenters. The van der Waals surface area contributed by atoms with Crippen molar-refractivity contribution in [2.45, 2.75) is 69.7 Å². The van der Waals surface area contributed by atoms with E-state index >= 15 is 0 Å². The van der Waals surface area contributed by atoms with Crippen molar-refractivity contribution in [1.82, 2.24) is 9.80 Å². The summed E-state index contributed by atoms with van der Waals surface area (Å²) in [5, 5.41) is 6.89. The van der Waals surface area contributed by atoms with Crippen LogP contribution in [0.4, 0.5) is 0 Å². The maximum absolute atomic E-state index is 12.1. The van der Waals surface area contributed by atoms with Crippen LogP contribution in [0.25, 0.3) is 0 Å². The van der Waals surface area contributed by atoms with E-state index in [1.165, 1.54) is 64.5 Å². The van der Waals surface area contributed by atoms with Gasteiger partial charge in [0.1, 0.15) is 0 Å². The van der Waals surface area contributed by atoms with Gasteiger partial charge >= 0.3 is 0 Å². The zero-order valence-corrected chi connectivity index (χ0v) is 14.5. The van der Waals surface area contributed by atoms with E-state index in [0.29, 0.717) is 5.91 Å². The van der Waals surface area contributed by atoms with Crippen LogP contribution in [0, 0.1) is 5.92 Å². The summed E-state index contributed by atoms with van der Waals surface area (Å²) in [7, 11) is 2.05. The molecule has 2 saturated heterocycles. The first-order chi connectivity index (χ1) is 11.1. The molecule has 1 N–H and O–H groups in total. The van der Waals surface area contributed by atoms with Crippen LogP contribution >= 0.6 is 0 Å². The van der Waals surface area contributed by atoms with Gasteiger partial charge in [-0.2, -0.15) is 0 Å². The number of carbonyl (C=O) groups excluding carboxylic acids is 1. The molecule has 0 radical (unpaired) electrons. The van der Waals surface area contributed by atoms with Gasteiger partial charge in [-0.1, -0.05) is 19.3 Å². The van der Waals surface area contributed by atoms with Crippen LogP contribution in [0.2, 0.25) is 0 Å². The summed E-state index contributed by atoms with van der Waals surface area (Å²) in [4.78, 5) is 25.2. The highest BCUT2D eigenvalue weighted by molar-refractivity contribution is 5.77. The van der Waals surface area contributed by atoms with Gasteiger partial charge in [0.05, 0.1) is 5.54 Å². The van der Waals surface area contributed by atoms with Gasteiger partial charge in [0.15, 0.2) is 0 Å². The van der Waals surface area contributed by atoms with Gasteiger partial charge in [0.25, 0.3) is 6.47 Å². The highest BCUT2D eigenvalue weighted by Gasteiger charge is 2.43. The minimum absolute atomic E-state index is 0.169. The summed E-state index contributed by atoms with van der Waals surface area (Å²) >= 11 is 0. The first kappa shape index (κ1) is 18.2. The van der Waals surface area contributed by atoms with E-state index in [2.05, 4.69) is 9.80 Å². The average molecular weight is 324 g/mol. The van der Waals surface area contributed by atoms with Crippen molar-refractivity contribution in [3.8, 4) is 0 Å². The number of likely N-dealkylation sites (N-methyl/N-ethyl adjacent to an activating group) is 1. The molecule has 0 aromatic heterocycles. The van der Waals surface area contributed by atoms with Gasteiger partial charge in [-0.25, -0.2) is 0 Å². The number of rotatable bonds is 2. The van der Waals surface area contributed by atoms with Gasteiger partial charge in [-0.05, 0) is 51.0 Å². The smallest absolute Gasteiger partial charge is 0.290 e. The molecule has 0 bridgehead atoms. The molecule has 2 aliphatic heterocycles. The molecule has 1 atom stereocenters. The van der Waals surface area contributed by atoms with E-state index in [1.807, 2.05) is 7.05 Å². The summed E-state index contributed by atoms with van der Waals surface area (Å²) in [5.41, 5.74) is 0.169. The quantitative estimate of drug-likeness (QED) is 0.794. The largest absolute Gasteiger partial charge is 0.483 e. The summed E-state index contributed by atoms with van der Waals surface area (Å²) in [6.07, 6.45) is 12.7. The third-order valence-corrected chi connectivity index (χ3v) is 5.99. The van der Waals surface area contributed by atoms with Crippen LogP contribution in [-0.2, 0) is 9.59 Å². The van der Waals surface area contributed by atoms with Crippen molar-refractivity contribution >= 4 is 12.4 Å². The van der Waals surface area contributed by atoms with Gasteiger partial charge in [0, 0.05) is 26.6 Å². The number of amides is 1. The van der Waals surface area contributed by atoms with Crippen molar-refractivity contribution in [1.29, 1.82) is 0 Å². The Labute approximate surface area is 140 Å². The predicted molar refractivity (Wildman–Crippen MR) is 90.3 cm³/mol. The van der Waals surface area contributed by atoms with Gasteiger partial charge in [0.2, 0.25) is 5.91 Å². The lowest BCUT2D eigenvalue weighted by atomic mass is 9.79. The Morgan fingerprint density at radius 2 is 1.83 bits per heavy atom. The second-order valence-electron chi connectivity index (χ2n) is 7.48. The molecule has 1 saturated carbocycles. The SMILES string of the molecule is CN1C(=O)CCCC12CCCN(CC1CCCCC1)C2.O=CO. The van der Waals surface area contributed by atoms with E-state index in [4.69, 9.17) is 9.90 Å². The predicted octanol–water partition coefficient (Wildman–Crippen LogP) is 2.74. The number of nitrogens with zero attached hydrogens (tertiary/aromatic N) is 2. The molecule has 1 aliphatic carbocycles. The van der Waals surface area contributed by atoms with Crippen LogP contribution in [0.3, 0.4) is 0 Å². The number of hydrogen-bond donors (Lipinski definition) is 1. The van der Waals surface area contributed by atoms with Gasteiger partial charge < -0.3 is 14.9 Å². The summed E-state index contributed by atoms with van der Waals surface area (Å²) in [6.45, 7) is 3.41. The van der Waals surface area contributed by atoms with E-state index < -0.39 is 0 Å². The van der Waals surface area contributed by atoms with E-state index in [-0.39, 0.29) is 12.0 Å². The molecule has 3 fully saturated rings. The molecule has 1 amide bonds. The molecule has 3 aliphatic rings. The Balaban J connectivity index is 0.000000595. The van der Waals surface area contributed by atoms with Crippen LogP contribution in [0.15, 0.2) is 0 Å². The molecule has 3 rings (SSSR count). The van der Waals surface area contributed by atoms with E-state index in [0.717, 1.165) is 25.3 Å². The fourth-order valence-electron chi connectivity index (χ4n) is 4.74. The van der Waals surface area contributed by atoms with Crippen molar-refractivity contribution < 1.29 is 14.7 Å². The average Bonchev–Trinajstić information content (AvgIpc) is 2.55. The molecule has 0 aromatic carbocycles. The van der Waals surface area contributed by atoms with Crippen molar-refractivity contribution in [2.24, 2.45) is 5.92 Å². The van der Waals surface area contributed by atoms with E-state index in [9.17, 15) is 4.79 Å². The fraction of sp³-hybridized carbons (Fsp3) is 0.889. The molecule has 1 spiro atoms. The fourth-order valence-corrected chi connectivity index (χ4v) is 4.74. The van der Waals surface area contributed by atoms with E-state index in [1.54, 1.807) is 0 Å². The molecule has 23 heavy (non-hydrogen) atoms. The second-order valence-corrected chi connectivity index (χ2v) is 7.48. The van der Waals surface area contributed by atoms with Crippen molar-refractivity contribution in [3.63, 3.8) is 0 Å². The zero-order chi connectivity index (χ0) is 16.7. The minimum atomic E-state index is -0.250. The summed E-state index contributed by atoms with van der Waals surface area (Å²) in [5.74, 6) is 1.29. The second kappa shape index (κ2) is 8.67. The standard InChI is InChI=1S/C17H30N2O.CH2O2/c1-18-16(20)9-5-10-17(18)11-6-12-19(14-17)13-15-7-3-2-4-8-15;2-1-3/h15H,2-14H2,1H3;1H,(H,2,3). The highest BCUT2D eigenvalue weighted by atomic mass is 16.3. The maximum Gasteiger partial charge on any atom is 0.290 e. The number of hydrogen-bond acceptors (Lipinski definition) is 3. The third kappa shape index (κ3) is 4.69. The zero-order valence-electron chi connectivity index (χ0n) is 14.5. The Hall–Kier alpha value is -1.10. The monoisotopic (exact) mass is 324 g/mol. The molecular formula is C18H32N2O3. The van der Waals surface area contributed by atoms with Crippen LogP contribution in [-0.4, -0.2) is 59.5 Å². The number of piperidine rings is 2. The minimum Gasteiger partial charge on any atom is -0.483 e. The summed E-state index contributed by atoms with van der Waals surface area (Å²) in [6, 6.07) is 0. The number of carboxylic acid groups (broad SMARTS) is 1. The molecule has 2 heterocycles. The lowest BCUT2D eigenvalue weighted by Crippen LogP contribution is -2.61. The molecule has 132 valence electrons. The van der Waals surface area contributed by atoms with Crippen LogP contribution < -0.4 is 0 Å². The van der Waals surface area contributed by atoms with Crippen LogP contribution in [0.1, 0.15) is 64.2 Å². The topological polar surface area (TPSA) is 60.9 Å². The lowest BCUT2D eigenvalue weighted by Gasteiger charge is -2.51. The first-order valence-corrected chi connectivity index (χ1v) is 9.18. The Bertz CT molecular complexity index is 392.